The van der Waals surface area contributed by atoms with Crippen LogP contribution >= 0.6 is 0 Å². The molecule has 0 radical (unpaired) electrons. The molecular weight excluding hydrogens is 259 g/mol. The molecule has 1 N–H and O–H groups in total. The molecule has 0 aliphatic carbocycles. The van der Waals surface area contributed by atoms with Crippen LogP contribution in [0.1, 0.15) is 22.8 Å². The fraction of sp³-hybridized carbons (Fsp3) is 0.200. The van der Waals surface area contributed by atoms with Gasteiger partial charge in [-0.3, -0.25) is 0 Å². The van der Waals surface area contributed by atoms with Crippen LogP contribution < -0.4 is 5.32 Å². The summed E-state index contributed by atoms with van der Waals surface area (Å²) in [5.74, 6) is -0.193. The minimum atomic E-state index is -0.409. The van der Waals surface area contributed by atoms with E-state index in [2.05, 4.69) is 10.3 Å². The van der Waals surface area contributed by atoms with Crippen LogP contribution in [0.5, 0.6) is 0 Å². The molecule has 5 heteroatoms. The van der Waals surface area contributed by atoms with Gasteiger partial charge >= 0.3 is 5.97 Å². The summed E-state index contributed by atoms with van der Waals surface area (Å²) in [6.45, 7) is 3.93. The molecule has 0 saturated heterocycles. The molecule has 0 fully saturated rings. The number of carbonyl (C=O) groups is 1. The minimum Gasteiger partial charge on any atom is -0.462 e. The predicted octanol–water partition coefficient (Wildman–Crippen LogP) is 3.45. The molecule has 0 amide bonds. The average Bonchev–Trinajstić information content (AvgIpc) is 2.44. The standard InChI is InChI=1S/C15H15FN2O2/c1-3-20-15(19)11-5-7-14(17-9-11)18-13-8-12(16)6-4-10(13)2/h4-9H,3H2,1-2H3,(H,17,18). The van der Waals surface area contributed by atoms with Gasteiger partial charge in [-0.25, -0.2) is 14.2 Å². The number of rotatable bonds is 4. The summed E-state index contributed by atoms with van der Waals surface area (Å²) in [5.41, 5.74) is 1.93. The van der Waals surface area contributed by atoms with E-state index in [1.807, 2.05) is 6.92 Å². The van der Waals surface area contributed by atoms with Crippen LogP contribution in [0.2, 0.25) is 0 Å². The van der Waals surface area contributed by atoms with Crippen molar-refractivity contribution in [2.24, 2.45) is 0 Å². The maximum atomic E-state index is 13.2. The van der Waals surface area contributed by atoms with Crippen LogP contribution in [-0.4, -0.2) is 17.6 Å². The van der Waals surface area contributed by atoms with Crippen LogP contribution in [0.3, 0.4) is 0 Å². The Hall–Kier alpha value is -2.43. The molecule has 1 aromatic heterocycles. The Labute approximate surface area is 116 Å². The van der Waals surface area contributed by atoms with Crippen LogP contribution in [0.25, 0.3) is 0 Å². The van der Waals surface area contributed by atoms with Crippen molar-refractivity contribution in [3.8, 4) is 0 Å². The number of nitrogens with zero attached hydrogens (tertiary/aromatic N) is 1. The van der Waals surface area contributed by atoms with E-state index < -0.39 is 5.97 Å². The molecule has 104 valence electrons. The Bertz CT molecular complexity index is 612. The molecule has 0 spiro atoms. The number of halogens is 1. The third-order valence-corrected chi connectivity index (χ3v) is 2.74. The zero-order valence-corrected chi connectivity index (χ0v) is 11.3. The summed E-state index contributed by atoms with van der Waals surface area (Å²) >= 11 is 0. The Morgan fingerprint density at radius 3 is 2.80 bits per heavy atom. The summed E-state index contributed by atoms with van der Waals surface area (Å²) < 4.78 is 18.1. The Morgan fingerprint density at radius 2 is 2.15 bits per heavy atom. The molecule has 1 heterocycles. The van der Waals surface area contributed by atoms with Gasteiger partial charge < -0.3 is 10.1 Å². The highest BCUT2D eigenvalue weighted by Crippen LogP contribution is 2.20. The molecule has 4 nitrogen and oxygen atoms in total. The van der Waals surface area contributed by atoms with Gasteiger partial charge in [-0.1, -0.05) is 6.07 Å². The smallest absolute Gasteiger partial charge is 0.339 e. The third kappa shape index (κ3) is 3.32. The number of ether oxygens (including phenoxy) is 1. The first-order valence-electron chi connectivity index (χ1n) is 6.26. The quantitative estimate of drug-likeness (QED) is 0.868. The van der Waals surface area contributed by atoms with Crippen molar-refractivity contribution in [1.29, 1.82) is 0 Å². The van der Waals surface area contributed by atoms with Crippen molar-refractivity contribution >= 4 is 17.5 Å². The van der Waals surface area contributed by atoms with E-state index in [0.717, 1.165) is 5.56 Å². The Morgan fingerprint density at radius 1 is 1.35 bits per heavy atom. The van der Waals surface area contributed by atoms with Crippen LogP contribution in [0.15, 0.2) is 36.5 Å². The minimum absolute atomic E-state index is 0.318. The lowest BCUT2D eigenvalue weighted by molar-refractivity contribution is 0.0526. The largest absolute Gasteiger partial charge is 0.462 e. The average molecular weight is 274 g/mol. The van der Waals surface area contributed by atoms with E-state index in [1.54, 1.807) is 25.1 Å². The summed E-state index contributed by atoms with van der Waals surface area (Å²) in [6.07, 6.45) is 1.43. The van der Waals surface area contributed by atoms with Crippen molar-refractivity contribution in [2.45, 2.75) is 13.8 Å². The topological polar surface area (TPSA) is 51.2 Å². The van der Waals surface area contributed by atoms with Gasteiger partial charge in [0.15, 0.2) is 0 Å². The van der Waals surface area contributed by atoms with Crippen LogP contribution in [-0.2, 0) is 4.74 Å². The molecule has 0 aliphatic heterocycles. The van der Waals surface area contributed by atoms with Gasteiger partial charge in [-0.2, -0.15) is 0 Å². The summed E-state index contributed by atoms with van der Waals surface area (Å²) in [4.78, 5) is 15.6. The number of benzene rings is 1. The highest BCUT2D eigenvalue weighted by molar-refractivity contribution is 5.89. The lowest BCUT2D eigenvalue weighted by Gasteiger charge is -2.09. The molecular formula is C15H15FN2O2. The van der Waals surface area contributed by atoms with Crippen molar-refractivity contribution < 1.29 is 13.9 Å². The lowest BCUT2D eigenvalue weighted by atomic mass is 10.2. The number of esters is 1. The zero-order chi connectivity index (χ0) is 14.5. The molecule has 2 rings (SSSR count). The molecule has 0 saturated carbocycles. The highest BCUT2D eigenvalue weighted by atomic mass is 19.1. The molecule has 2 aromatic rings. The number of pyridine rings is 1. The molecule has 0 aliphatic rings. The second-order valence-corrected chi connectivity index (χ2v) is 4.24. The maximum absolute atomic E-state index is 13.2. The second-order valence-electron chi connectivity index (χ2n) is 4.24. The first kappa shape index (κ1) is 14.0. The lowest BCUT2D eigenvalue weighted by Crippen LogP contribution is -2.05. The number of hydrogen-bond acceptors (Lipinski definition) is 4. The second kappa shape index (κ2) is 6.14. The molecule has 20 heavy (non-hydrogen) atoms. The maximum Gasteiger partial charge on any atom is 0.339 e. The first-order chi connectivity index (χ1) is 9.60. The summed E-state index contributed by atoms with van der Waals surface area (Å²) in [5, 5.41) is 3.01. The SMILES string of the molecule is CCOC(=O)c1ccc(Nc2cc(F)ccc2C)nc1. The third-order valence-electron chi connectivity index (χ3n) is 2.74. The number of carbonyl (C=O) groups excluding carboxylic acids is 1. The van der Waals surface area contributed by atoms with Gasteiger partial charge in [-0.15, -0.1) is 0 Å². The fourth-order valence-corrected chi connectivity index (χ4v) is 1.67. The van der Waals surface area contributed by atoms with Gasteiger partial charge in [0, 0.05) is 11.9 Å². The molecule has 0 bridgehead atoms. The number of aryl methyl sites for hydroxylation is 1. The van der Waals surface area contributed by atoms with Gasteiger partial charge in [-0.05, 0) is 43.7 Å². The van der Waals surface area contributed by atoms with Crippen molar-refractivity contribution in [3.05, 3.63) is 53.5 Å². The van der Waals surface area contributed by atoms with Crippen molar-refractivity contribution in [3.63, 3.8) is 0 Å². The number of nitrogens with one attached hydrogen (secondary N) is 1. The van der Waals surface area contributed by atoms with E-state index in [4.69, 9.17) is 4.74 Å². The zero-order valence-electron chi connectivity index (χ0n) is 11.3. The fourth-order valence-electron chi connectivity index (χ4n) is 1.67. The van der Waals surface area contributed by atoms with E-state index >= 15 is 0 Å². The Balaban J connectivity index is 2.14. The van der Waals surface area contributed by atoms with E-state index in [0.29, 0.717) is 23.7 Å². The molecule has 0 unspecified atom stereocenters. The Kier molecular flexibility index (Phi) is 4.30. The van der Waals surface area contributed by atoms with E-state index in [-0.39, 0.29) is 5.82 Å². The monoisotopic (exact) mass is 274 g/mol. The predicted molar refractivity (Wildman–Crippen MR) is 74.6 cm³/mol. The normalized spacial score (nSPS) is 10.2. The van der Waals surface area contributed by atoms with E-state index in [9.17, 15) is 9.18 Å². The molecule has 0 atom stereocenters. The number of anilines is 2. The summed E-state index contributed by atoms with van der Waals surface area (Å²) in [7, 11) is 0. The van der Waals surface area contributed by atoms with E-state index in [1.165, 1.54) is 18.3 Å². The van der Waals surface area contributed by atoms with Gasteiger partial charge in [0.05, 0.1) is 12.2 Å². The van der Waals surface area contributed by atoms with Gasteiger partial charge in [0.1, 0.15) is 11.6 Å². The number of aromatic nitrogens is 1. The summed E-state index contributed by atoms with van der Waals surface area (Å²) in [6, 6.07) is 7.75. The van der Waals surface area contributed by atoms with Gasteiger partial charge in [0.2, 0.25) is 0 Å². The van der Waals surface area contributed by atoms with Crippen molar-refractivity contribution in [2.75, 3.05) is 11.9 Å². The first-order valence-corrected chi connectivity index (χ1v) is 6.26. The van der Waals surface area contributed by atoms with Crippen LogP contribution in [0, 0.1) is 12.7 Å². The van der Waals surface area contributed by atoms with Crippen LogP contribution in [0.4, 0.5) is 15.9 Å². The van der Waals surface area contributed by atoms with Gasteiger partial charge in [0.25, 0.3) is 0 Å². The highest BCUT2D eigenvalue weighted by Gasteiger charge is 2.07. The van der Waals surface area contributed by atoms with Crippen molar-refractivity contribution in [1.82, 2.24) is 4.98 Å². The molecule has 1 aromatic carbocycles. The number of hydrogen-bond donors (Lipinski definition) is 1.